The molecule has 1 N–H and O–H groups in total. The highest BCUT2D eigenvalue weighted by atomic mass is 16.3. The van der Waals surface area contributed by atoms with E-state index in [0.717, 1.165) is 16.9 Å². The molecule has 11 rings (SSSR count). The molecule has 0 saturated heterocycles. The standard InChI is InChI=1S/C47H33NO/c1-27-14-13-15-28(2)44(27)48-30-24-25-32-37(26-30)46(3)35-21-10-11-22-36(35)47(29-16-5-4-6-17-29)34-20-9-7-18-31(34)41-43(47)42(46)39(32)40-33-19-8-12-23-38(33)49-45(40)41/h4-26,48H,1-3H3. The van der Waals surface area contributed by atoms with Gasteiger partial charge in [0.2, 0.25) is 0 Å². The van der Waals surface area contributed by atoms with Crippen molar-refractivity contribution in [2.75, 3.05) is 5.32 Å². The Balaban J connectivity index is 1.35. The average Bonchev–Trinajstić information content (AvgIpc) is 3.76. The minimum atomic E-state index is -0.484. The molecule has 49 heavy (non-hydrogen) atoms. The Bertz CT molecular complexity index is 2710. The van der Waals surface area contributed by atoms with Crippen molar-refractivity contribution in [2.24, 2.45) is 0 Å². The molecule has 1 heterocycles. The van der Waals surface area contributed by atoms with Crippen LogP contribution < -0.4 is 5.32 Å². The highest BCUT2D eigenvalue weighted by Gasteiger charge is 2.60. The van der Waals surface area contributed by atoms with Gasteiger partial charge in [-0.25, -0.2) is 0 Å². The third-order valence-electron chi connectivity index (χ3n) is 12.0. The molecule has 3 aliphatic rings. The summed E-state index contributed by atoms with van der Waals surface area (Å²) in [5.41, 5.74) is 20.4. The lowest BCUT2D eigenvalue weighted by atomic mass is 9.55. The van der Waals surface area contributed by atoms with Crippen LogP contribution in [0.3, 0.4) is 0 Å². The third kappa shape index (κ3) is 3.09. The zero-order valence-electron chi connectivity index (χ0n) is 27.7. The van der Waals surface area contributed by atoms with Gasteiger partial charge in [0, 0.05) is 33.1 Å². The van der Waals surface area contributed by atoms with Gasteiger partial charge in [-0.3, -0.25) is 0 Å². The maximum Gasteiger partial charge on any atom is 0.144 e. The molecule has 2 heteroatoms. The number of hydrogen-bond acceptors (Lipinski definition) is 2. The number of anilines is 2. The van der Waals surface area contributed by atoms with Crippen LogP contribution in [0.4, 0.5) is 11.4 Å². The smallest absolute Gasteiger partial charge is 0.144 e. The van der Waals surface area contributed by atoms with Crippen LogP contribution in [-0.2, 0) is 10.8 Å². The van der Waals surface area contributed by atoms with Crippen molar-refractivity contribution in [1.82, 2.24) is 0 Å². The number of fused-ring (bicyclic) bond motifs is 14. The normalized spacial score (nSPS) is 19.1. The van der Waals surface area contributed by atoms with Crippen LogP contribution in [0.5, 0.6) is 0 Å². The Morgan fingerprint density at radius 3 is 2.04 bits per heavy atom. The van der Waals surface area contributed by atoms with Crippen molar-refractivity contribution in [3.05, 3.63) is 190 Å². The molecule has 2 unspecified atom stereocenters. The van der Waals surface area contributed by atoms with Crippen molar-refractivity contribution in [3.63, 3.8) is 0 Å². The first-order chi connectivity index (χ1) is 24.0. The first kappa shape index (κ1) is 27.1. The minimum absolute atomic E-state index is 0.392. The molecule has 0 spiro atoms. The lowest BCUT2D eigenvalue weighted by Crippen LogP contribution is -2.41. The van der Waals surface area contributed by atoms with E-state index in [4.69, 9.17) is 4.42 Å². The van der Waals surface area contributed by atoms with Gasteiger partial charge in [0.05, 0.1) is 5.41 Å². The summed E-state index contributed by atoms with van der Waals surface area (Å²) < 4.78 is 7.02. The predicted molar refractivity (Wildman–Crippen MR) is 201 cm³/mol. The van der Waals surface area contributed by atoms with Gasteiger partial charge in [-0.05, 0) is 106 Å². The topological polar surface area (TPSA) is 25.2 Å². The van der Waals surface area contributed by atoms with E-state index in [9.17, 15) is 0 Å². The summed E-state index contributed by atoms with van der Waals surface area (Å²) in [6.07, 6.45) is 0. The highest BCUT2D eigenvalue weighted by Crippen LogP contribution is 2.71. The molecule has 0 amide bonds. The SMILES string of the molecule is Cc1cccc(C)c1Nc1ccc2c(c1)C1(C)c3ccccc3C3(c4ccccc4)c4ccccc4-c4c3c1c-2c1c4oc2ccccc21. The molecule has 1 aromatic heterocycles. The lowest BCUT2D eigenvalue weighted by molar-refractivity contribution is 0.610. The Hall–Kier alpha value is -5.86. The largest absolute Gasteiger partial charge is 0.455 e. The molecule has 0 fully saturated rings. The minimum Gasteiger partial charge on any atom is -0.455 e. The molecule has 232 valence electrons. The molecule has 0 saturated carbocycles. The van der Waals surface area contributed by atoms with Gasteiger partial charge in [-0.1, -0.05) is 121 Å². The molecular weight excluding hydrogens is 595 g/mol. The van der Waals surface area contributed by atoms with Crippen molar-refractivity contribution >= 4 is 33.3 Å². The molecule has 0 aliphatic heterocycles. The number of rotatable bonds is 3. The number of benzene rings is 7. The fourth-order valence-corrected chi connectivity index (χ4v) is 10.0. The lowest BCUT2D eigenvalue weighted by Gasteiger charge is -2.46. The summed E-state index contributed by atoms with van der Waals surface area (Å²) in [6, 6.07) is 51.7. The van der Waals surface area contributed by atoms with Crippen LogP contribution in [0, 0.1) is 13.8 Å². The van der Waals surface area contributed by atoms with Crippen LogP contribution >= 0.6 is 0 Å². The second-order valence-corrected chi connectivity index (χ2v) is 14.3. The monoisotopic (exact) mass is 627 g/mol. The Morgan fingerprint density at radius 1 is 0.551 bits per heavy atom. The molecule has 0 bridgehead atoms. The first-order valence-corrected chi connectivity index (χ1v) is 17.3. The van der Waals surface area contributed by atoms with Crippen LogP contribution in [0.15, 0.2) is 144 Å². The van der Waals surface area contributed by atoms with Gasteiger partial charge in [-0.2, -0.15) is 0 Å². The summed E-state index contributed by atoms with van der Waals surface area (Å²) in [7, 11) is 0. The van der Waals surface area contributed by atoms with E-state index in [-0.39, 0.29) is 0 Å². The summed E-state index contributed by atoms with van der Waals surface area (Å²) in [5.74, 6) is 0. The van der Waals surface area contributed by atoms with Crippen LogP contribution in [0.1, 0.15) is 57.0 Å². The van der Waals surface area contributed by atoms with E-state index in [2.05, 4.69) is 166 Å². The molecule has 8 aromatic rings. The van der Waals surface area contributed by atoms with Gasteiger partial charge < -0.3 is 9.73 Å². The Labute approximate surface area is 285 Å². The van der Waals surface area contributed by atoms with Gasteiger partial charge in [0.1, 0.15) is 11.2 Å². The van der Waals surface area contributed by atoms with Crippen LogP contribution in [-0.4, -0.2) is 0 Å². The Morgan fingerprint density at radius 2 is 1.22 bits per heavy atom. The van der Waals surface area contributed by atoms with Crippen molar-refractivity contribution in [2.45, 2.75) is 31.6 Å². The Kier molecular flexibility index (Phi) is 5.08. The van der Waals surface area contributed by atoms with E-state index in [1.54, 1.807) is 0 Å². The molecule has 0 radical (unpaired) electrons. The average molecular weight is 628 g/mol. The number of para-hydroxylation sites is 2. The van der Waals surface area contributed by atoms with Gasteiger partial charge in [0.15, 0.2) is 0 Å². The number of aryl methyl sites for hydroxylation is 2. The second-order valence-electron chi connectivity index (χ2n) is 14.3. The van der Waals surface area contributed by atoms with Gasteiger partial charge >= 0.3 is 0 Å². The van der Waals surface area contributed by atoms with Crippen molar-refractivity contribution < 1.29 is 4.42 Å². The molecule has 2 atom stereocenters. The summed E-state index contributed by atoms with van der Waals surface area (Å²) in [4.78, 5) is 0. The van der Waals surface area contributed by atoms with Crippen LogP contribution in [0.2, 0.25) is 0 Å². The zero-order chi connectivity index (χ0) is 32.6. The fourth-order valence-electron chi connectivity index (χ4n) is 10.0. The van der Waals surface area contributed by atoms with E-state index in [1.807, 2.05) is 0 Å². The fraction of sp³-hybridized carbons (Fsp3) is 0.106. The number of furan rings is 1. The maximum absolute atomic E-state index is 7.02. The van der Waals surface area contributed by atoms with Gasteiger partial charge in [-0.15, -0.1) is 0 Å². The van der Waals surface area contributed by atoms with E-state index in [0.29, 0.717) is 0 Å². The molecule has 3 aliphatic carbocycles. The van der Waals surface area contributed by atoms with E-state index >= 15 is 0 Å². The maximum atomic E-state index is 7.02. The number of hydrogen-bond donors (Lipinski definition) is 1. The first-order valence-electron chi connectivity index (χ1n) is 17.3. The van der Waals surface area contributed by atoms with E-state index in [1.165, 1.54) is 88.8 Å². The van der Waals surface area contributed by atoms with Gasteiger partial charge in [0.25, 0.3) is 0 Å². The molecular formula is C47H33NO. The highest BCUT2D eigenvalue weighted by molar-refractivity contribution is 6.22. The third-order valence-corrected chi connectivity index (χ3v) is 12.0. The molecule has 7 aromatic carbocycles. The van der Waals surface area contributed by atoms with Crippen LogP contribution in [0.25, 0.3) is 44.2 Å². The zero-order valence-corrected chi connectivity index (χ0v) is 27.7. The van der Waals surface area contributed by atoms with Crippen molar-refractivity contribution in [3.8, 4) is 22.3 Å². The predicted octanol–water partition coefficient (Wildman–Crippen LogP) is 12.0. The second kappa shape index (κ2) is 9.18. The van der Waals surface area contributed by atoms with Crippen molar-refractivity contribution in [1.29, 1.82) is 0 Å². The quantitative estimate of drug-likeness (QED) is 0.211. The summed E-state index contributed by atoms with van der Waals surface area (Å²) >= 11 is 0. The van der Waals surface area contributed by atoms with E-state index < -0.39 is 10.8 Å². The summed E-state index contributed by atoms with van der Waals surface area (Å²) in [5, 5.41) is 6.24. The summed E-state index contributed by atoms with van der Waals surface area (Å²) in [6.45, 7) is 6.84. The molecule has 2 nitrogen and oxygen atoms in total. The number of nitrogens with one attached hydrogen (secondary N) is 1.